The van der Waals surface area contributed by atoms with Crippen molar-refractivity contribution < 1.29 is 33.6 Å². The van der Waals surface area contributed by atoms with Gasteiger partial charge in [0.05, 0.1) is 41.8 Å². The van der Waals surface area contributed by atoms with Gasteiger partial charge in [-0.3, -0.25) is 9.36 Å². The summed E-state index contributed by atoms with van der Waals surface area (Å²) in [6.07, 6.45) is 6.78. The molecule has 0 amide bonds. The minimum Gasteiger partial charge on any atom is -0.507 e. The van der Waals surface area contributed by atoms with E-state index >= 15 is 0 Å². The van der Waals surface area contributed by atoms with Gasteiger partial charge in [0.25, 0.3) is 0 Å². The van der Waals surface area contributed by atoms with Crippen LogP contribution in [0, 0.1) is 5.82 Å². The Bertz CT molecular complexity index is 2350. The van der Waals surface area contributed by atoms with Crippen LogP contribution in [0.2, 0.25) is 5.02 Å². The molecule has 3 aromatic carbocycles. The quantitative estimate of drug-likeness (QED) is 0.0940. The zero-order valence-corrected chi connectivity index (χ0v) is 33.5. The molecule has 296 valence electrons. The Morgan fingerprint density at radius 1 is 1.05 bits per heavy atom. The van der Waals surface area contributed by atoms with Crippen LogP contribution in [0.15, 0.2) is 54.7 Å². The summed E-state index contributed by atoms with van der Waals surface area (Å²) in [5, 5.41) is 32.4. The molecule has 1 aliphatic rings. The monoisotopic (exact) mass is 803 g/mol. The lowest BCUT2D eigenvalue weighted by atomic mass is 10.0. The summed E-state index contributed by atoms with van der Waals surface area (Å²) in [6.45, 7) is 1.32. The fourth-order valence-corrected chi connectivity index (χ4v) is 8.87. The van der Waals surface area contributed by atoms with Gasteiger partial charge in [0.1, 0.15) is 17.3 Å². The highest BCUT2D eigenvalue weighted by Crippen LogP contribution is 2.42. The molecule has 3 aromatic heterocycles. The SMILES string of the molecule is COC(=O)c1c(CCCO)c2ccc(Cl)c(-c3c(CSCc4cc(CCc5cc(O)c6ccc(F)cc6c5)n(C)n4)cnn3C)c2n1CCOC1CCCCO1. The van der Waals surface area contributed by atoms with Crippen molar-refractivity contribution in [1.29, 1.82) is 0 Å². The number of nitrogens with zero attached hydrogens (tertiary/aromatic N) is 5. The van der Waals surface area contributed by atoms with Crippen LogP contribution in [0.25, 0.3) is 32.9 Å². The third kappa shape index (κ3) is 8.47. The first-order chi connectivity index (χ1) is 27.2. The number of halogens is 2. The Hall–Kier alpha value is -4.40. The molecule has 0 saturated carbocycles. The molecule has 1 atom stereocenters. The molecule has 0 aliphatic carbocycles. The number of aromatic hydroxyl groups is 1. The number of benzene rings is 3. The van der Waals surface area contributed by atoms with E-state index in [-0.39, 0.29) is 24.5 Å². The zero-order chi connectivity index (χ0) is 39.3. The number of carbonyl (C=O) groups excluding carboxylic acids is 1. The molecular weight excluding hydrogens is 757 g/mol. The Labute approximate surface area is 334 Å². The molecule has 0 bridgehead atoms. The number of hydrogen-bond acceptors (Lipinski definition) is 9. The average Bonchev–Trinajstić information content (AvgIpc) is 3.84. The number of methoxy groups -OCH3 is 1. The molecule has 1 fully saturated rings. The maximum Gasteiger partial charge on any atom is 0.354 e. The Kier molecular flexibility index (Phi) is 12.7. The van der Waals surface area contributed by atoms with Gasteiger partial charge in [-0.2, -0.15) is 22.0 Å². The Morgan fingerprint density at radius 2 is 1.89 bits per heavy atom. The number of aryl methyl sites for hydroxylation is 5. The van der Waals surface area contributed by atoms with Crippen LogP contribution in [-0.2, 0) is 65.6 Å². The third-order valence-electron chi connectivity index (χ3n) is 10.4. The predicted octanol–water partition coefficient (Wildman–Crippen LogP) is 7.90. The van der Waals surface area contributed by atoms with Crippen LogP contribution in [0.3, 0.4) is 0 Å². The summed E-state index contributed by atoms with van der Waals surface area (Å²) in [4.78, 5) is 13.5. The fourth-order valence-electron chi connectivity index (χ4n) is 7.75. The summed E-state index contributed by atoms with van der Waals surface area (Å²) in [7, 11) is 5.19. The van der Waals surface area contributed by atoms with Gasteiger partial charge in [-0.05, 0) is 97.9 Å². The summed E-state index contributed by atoms with van der Waals surface area (Å²) in [5.41, 5.74) is 7.50. The number of thioether (sulfide) groups is 1. The van der Waals surface area contributed by atoms with Crippen molar-refractivity contribution in [1.82, 2.24) is 24.1 Å². The molecule has 11 nitrogen and oxygen atoms in total. The van der Waals surface area contributed by atoms with Gasteiger partial charge in [-0.1, -0.05) is 23.7 Å². The fraction of sp³-hybridized carbons (Fsp3) is 0.405. The number of aliphatic hydroxyl groups is 1. The molecule has 7 rings (SSSR count). The highest BCUT2D eigenvalue weighted by Gasteiger charge is 2.29. The van der Waals surface area contributed by atoms with E-state index in [9.17, 15) is 19.4 Å². The van der Waals surface area contributed by atoms with Crippen LogP contribution in [-0.4, -0.2) is 73.5 Å². The topological polar surface area (TPSA) is 126 Å². The average molecular weight is 804 g/mol. The molecule has 0 radical (unpaired) electrons. The first-order valence-electron chi connectivity index (χ1n) is 18.9. The molecule has 56 heavy (non-hydrogen) atoms. The van der Waals surface area contributed by atoms with Crippen molar-refractivity contribution in [2.75, 3.05) is 26.9 Å². The van der Waals surface area contributed by atoms with E-state index in [4.69, 9.17) is 30.9 Å². The second-order valence-electron chi connectivity index (χ2n) is 14.1. The number of aromatic nitrogens is 5. The van der Waals surface area contributed by atoms with Crippen molar-refractivity contribution in [3.8, 4) is 17.0 Å². The lowest BCUT2D eigenvalue weighted by molar-refractivity contribution is -0.163. The molecule has 2 N–H and O–H groups in total. The van der Waals surface area contributed by atoms with Crippen LogP contribution in [0.5, 0.6) is 5.75 Å². The number of rotatable bonds is 16. The largest absolute Gasteiger partial charge is 0.507 e. The van der Waals surface area contributed by atoms with Gasteiger partial charge < -0.3 is 29.0 Å². The van der Waals surface area contributed by atoms with E-state index in [2.05, 4.69) is 11.2 Å². The number of aliphatic hydroxyl groups excluding tert-OH is 1. The summed E-state index contributed by atoms with van der Waals surface area (Å²) < 4.78 is 36.8. The molecule has 0 spiro atoms. The van der Waals surface area contributed by atoms with Gasteiger partial charge in [-0.25, -0.2) is 9.18 Å². The molecule has 1 aliphatic heterocycles. The smallest absolute Gasteiger partial charge is 0.354 e. The highest BCUT2D eigenvalue weighted by atomic mass is 35.5. The minimum atomic E-state index is -0.466. The maximum absolute atomic E-state index is 13.9. The summed E-state index contributed by atoms with van der Waals surface area (Å²) in [5.74, 6) is 0.624. The van der Waals surface area contributed by atoms with E-state index in [1.165, 1.54) is 19.2 Å². The standard InChI is InChI=1S/C42H47ClFN5O6S/c1-47-31(11-9-26-19-27-21-29(44)10-12-32(27)36(51)20-26)22-30(46-47)25-56-24-28-23-45-48(2)39(28)38-35(43)14-13-34-33(7-6-16-50)41(42(52)53-3)49(40(34)38)15-18-55-37-8-4-5-17-54-37/h10,12-14,19-23,37,50-51H,4-9,11,15-18,24-25H2,1-3H3. The molecule has 14 heteroatoms. The molecule has 6 aromatic rings. The van der Waals surface area contributed by atoms with Gasteiger partial charge in [-0.15, -0.1) is 0 Å². The van der Waals surface area contributed by atoms with Crippen LogP contribution in [0.4, 0.5) is 4.39 Å². The summed E-state index contributed by atoms with van der Waals surface area (Å²) in [6, 6.07) is 14.0. The maximum atomic E-state index is 13.9. The number of ether oxygens (including phenoxy) is 3. The Balaban J connectivity index is 1.13. The van der Waals surface area contributed by atoms with E-state index in [0.717, 1.165) is 69.5 Å². The number of carbonyl (C=O) groups is 1. The van der Waals surface area contributed by atoms with Crippen LogP contribution in [0.1, 0.15) is 64.2 Å². The number of phenols is 1. The predicted molar refractivity (Wildman–Crippen MR) is 217 cm³/mol. The highest BCUT2D eigenvalue weighted by molar-refractivity contribution is 7.97. The number of hydrogen-bond donors (Lipinski definition) is 2. The van der Waals surface area contributed by atoms with Gasteiger partial charge in [0.2, 0.25) is 0 Å². The normalized spacial score (nSPS) is 14.6. The van der Waals surface area contributed by atoms with Gasteiger partial charge in [0.15, 0.2) is 6.29 Å². The van der Waals surface area contributed by atoms with Crippen molar-refractivity contribution in [2.45, 2.75) is 69.3 Å². The number of esters is 1. The van der Waals surface area contributed by atoms with Crippen molar-refractivity contribution >= 4 is 51.0 Å². The van der Waals surface area contributed by atoms with E-state index in [1.54, 1.807) is 23.9 Å². The van der Waals surface area contributed by atoms with E-state index in [0.29, 0.717) is 78.4 Å². The van der Waals surface area contributed by atoms with Crippen molar-refractivity contribution in [2.24, 2.45) is 14.1 Å². The third-order valence-corrected chi connectivity index (χ3v) is 11.7. The second-order valence-corrected chi connectivity index (χ2v) is 15.5. The van der Waals surface area contributed by atoms with E-state index in [1.807, 2.05) is 52.4 Å². The van der Waals surface area contributed by atoms with Gasteiger partial charge in [0, 0.05) is 73.0 Å². The van der Waals surface area contributed by atoms with Crippen LogP contribution < -0.4 is 0 Å². The van der Waals surface area contributed by atoms with Crippen LogP contribution >= 0.6 is 23.4 Å². The number of fused-ring (bicyclic) bond motifs is 2. The van der Waals surface area contributed by atoms with E-state index < -0.39 is 5.97 Å². The first-order valence-corrected chi connectivity index (χ1v) is 20.5. The molecule has 1 unspecified atom stereocenters. The van der Waals surface area contributed by atoms with Crippen molar-refractivity contribution in [3.63, 3.8) is 0 Å². The second kappa shape index (κ2) is 17.8. The molecular formula is C42H47ClFN5O6S. The van der Waals surface area contributed by atoms with Crippen molar-refractivity contribution in [3.05, 3.63) is 99.3 Å². The molecule has 1 saturated heterocycles. The van der Waals surface area contributed by atoms with Gasteiger partial charge >= 0.3 is 5.97 Å². The lowest BCUT2D eigenvalue weighted by Crippen LogP contribution is -2.24. The Morgan fingerprint density at radius 3 is 2.68 bits per heavy atom. The number of phenolic OH excluding ortho intramolecular Hbond substituents is 1. The minimum absolute atomic E-state index is 0.0198. The molecule has 4 heterocycles. The lowest BCUT2D eigenvalue weighted by Gasteiger charge is -2.23. The summed E-state index contributed by atoms with van der Waals surface area (Å²) >= 11 is 8.81. The first kappa shape index (κ1) is 39.8. The zero-order valence-electron chi connectivity index (χ0n) is 31.9.